The van der Waals surface area contributed by atoms with Crippen LogP contribution in [0.15, 0.2) is 54.9 Å². The Labute approximate surface area is 211 Å². The number of unbranched alkanes of at least 4 members (excludes halogenated alkanes) is 1. The van der Waals surface area contributed by atoms with Crippen molar-refractivity contribution in [1.29, 1.82) is 0 Å². The fourth-order valence-electron chi connectivity index (χ4n) is 3.74. The lowest BCUT2D eigenvalue weighted by Gasteiger charge is -2.24. The molecule has 0 aliphatic heterocycles. The smallest absolute Gasteiger partial charge is 0.344 e. The molecule has 1 heterocycles. The molecule has 0 N–H and O–H groups in total. The highest BCUT2D eigenvalue weighted by molar-refractivity contribution is 5.71. The van der Waals surface area contributed by atoms with Crippen molar-refractivity contribution in [2.75, 3.05) is 24.7 Å². The Morgan fingerprint density at radius 3 is 2.47 bits per heavy atom. The lowest BCUT2D eigenvalue weighted by atomic mass is 10.1. The monoisotopic (exact) mass is 497 g/mol. The molecule has 8 heteroatoms. The van der Waals surface area contributed by atoms with Crippen LogP contribution in [0.3, 0.4) is 0 Å². The van der Waals surface area contributed by atoms with Crippen LogP contribution in [0.2, 0.25) is 0 Å². The van der Waals surface area contributed by atoms with E-state index in [0.29, 0.717) is 30.4 Å². The number of carbonyl (C=O) groups is 1. The summed E-state index contributed by atoms with van der Waals surface area (Å²) in [6, 6.07) is 12.0. The highest BCUT2D eigenvalue weighted by Crippen LogP contribution is 2.29. The van der Waals surface area contributed by atoms with Gasteiger partial charge < -0.3 is 14.4 Å². The third kappa shape index (κ3) is 7.47. The van der Waals surface area contributed by atoms with E-state index in [2.05, 4.69) is 16.8 Å². The molecule has 6 nitrogen and oxygen atoms in total. The van der Waals surface area contributed by atoms with Crippen LogP contribution in [0.5, 0.6) is 5.75 Å². The van der Waals surface area contributed by atoms with Crippen molar-refractivity contribution in [2.24, 2.45) is 0 Å². The van der Waals surface area contributed by atoms with Crippen LogP contribution in [0.1, 0.15) is 50.3 Å². The zero-order chi connectivity index (χ0) is 26.1. The Balaban J connectivity index is 1.78. The van der Waals surface area contributed by atoms with Crippen molar-refractivity contribution in [3.8, 4) is 17.0 Å². The number of carbonyl (C=O) groups excluding carboxylic acids is 1. The molecular weight excluding hydrogens is 464 g/mol. The van der Waals surface area contributed by atoms with Gasteiger partial charge in [-0.25, -0.2) is 18.6 Å². The predicted molar refractivity (Wildman–Crippen MR) is 136 cm³/mol. The van der Waals surface area contributed by atoms with Gasteiger partial charge in [-0.3, -0.25) is 4.98 Å². The number of aryl methyl sites for hydroxylation is 1. The minimum absolute atomic E-state index is 0.0370. The minimum atomic E-state index is -2.89. The number of alkyl halides is 2. The van der Waals surface area contributed by atoms with Crippen LogP contribution in [0.4, 0.5) is 14.6 Å². The quantitative estimate of drug-likeness (QED) is 0.273. The predicted octanol–water partition coefficient (Wildman–Crippen LogP) is 6.31. The van der Waals surface area contributed by atoms with Gasteiger partial charge in [-0.15, -0.1) is 0 Å². The van der Waals surface area contributed by atoms with Gasteiger partial charge in [0.05, 0.1) is 24.7 Å². The molecule has 2 aromatic carbocycles. The molecule has 0 saturated heterocycles. The molecule has 192 valence electrons. The summed E-state index contributed by atoms with van der Waals surface area (Å²) >= 11 is 0. The second kappa shape index (κ2) is 12.4. The van der Waals surface area contributed by atoms with E-state index in [1.807, 2.05) is 25.1 Å². The van der Waals surface area contributed by atoms with E-state index >= 15 is 0 Å². The number of anilines is 1. The summed E-state index contributed by atoms with van der Waals surface area (Å²) in [5.74, 6) is -1.94. The van der Waals surface area contributed by atoms with E-state index in [1.165, 1.54) is 12.1 Å². The number of hydrogen-bond donors (Lipinski definition) is 0. The molecule has 0 spiro atoms. The fraction of sp³-hybridized carbons (Fsp3) is 0.393. The van der Waals surface area contributed by atoms with Gasteiger partial charge >= 0.3 is 5.97 Å². The molecule has 0 radical (unpaired) electrons. The number of esters is 1. The average Bonchev–Trinajstić information content (AvgIpc) is 2.86. The van der Waals surface area contributed by atoms with E-state index in [9.17, 15) is 13.6 Å². The number of ether oxygens (including phenoxy) is 2. The maximum Gasteiger partial charge on any atom is 0.344 e. The first-order chi connectivity index (χ1) is 17.2. The van der Waals surface area contributed by atoms with Crippen LogP contribution in [0.25, 0.3) is 11.3 Å². The van der Waals surface area contributed by atoms with E-state index in [0.717, 1.165) is 43.0 Å². The van der Waals surface area contributed by atoms with Crippen LogP contribution in [-0.2, 0) is 22.0 Å². The van der Waals surface area contributed by atoms with E-state index in [-0.39, 0.29) is 12.2 Å². The molecule has 0 amide bonds. The van der Waals surface area contributed by atoms with Crippen LogP contribution < -0.4 is 9.64 Å². The van der Waals surface area contributed by atoms with Crippen molar-refractivity contribution >= 4 is 11.8 Å². The Kier molecular flexibility index (Phi) is 9.33. The summed E-state index contributed by atoms with van der Waals surface area (Å²) in [6.45, 7) is 8.29. The van der Waals surface area contributed by atoms with Gasteiger partial charge in [0.15, 0.2) is 6.61 Å². The number of nitrogens with zero attached hydrogens (tertiary/aromatic N) is 3. The van der Waals surface area contributed by atoms with Crippen molar-refractivity contribution in [3.05, 3.63) is 71.5 Å². The van der Waals surface area contributed by atoms with E-state index in [4.69, 9.17) is 14.5 Å². The Morgan fingerprint density at radius 1 is 1.08 bits per heavy atom. The van der Waals surface area contributed by atoms with Crippen molar-refractivity contribution < 1.29 is 23.0 Å². The molecule has 0 aliphatic rings. The number of benzene rings is 2. The summed E-state index contributed by atoms with van der Waals surface area (Å²) in [7, 11) is 0. The van der Waals surface area contributed by atoms with Crippen LogP contribution in [-0.4, -0.2) is 35.7 Å². The number of halogens is 2. The molecule has 0 aliphatic carbocycles. The minimum Gasteiger partial charge on any atom is -0.482 e. The molecule has 0 unspecified atom stereocenters. The first-order valence-corrected chi connectivity index (χ1v) is 12.1. The molecule has 0 bridgehead atoms. The Morgan fingerprint density at radius 2 is 1.83 bits per heavy atom. The second-order valence-electron chi connectivity index (χ2n) is 8.70. The van der Waals surface area contributed by atoms with Crippen LogP contribution in [0, 0.1) is 6.92 Å². The van der Waals surface area contributed by atoms with Gasteiger partial charge in [0.2, 0.25) is 0 Å². The maximum atomic E-state index is 13.6. The molecule has 0 fully saturated rings. The second-order valence-corrected chi connectivity index (χ2v) is 8.70. The third-order valence-corrected chi connectivity index (χ3v) is 5.68. The summed E-state index contributed by atoms with van der Waals surface area (Å²) in [5, 5.41) is 0. The summed E-state index contributed by atoms with van der Waals surface area (Å²) < 4.78 is 37.7. The topological polar surface area (TPSA) is 64.5 Å². The lowest BCUT2D eigenvalue weighted by molar-refractivity contribution is -0.145. The summed E-state index contributed by atoms with van der Waals surface area (Å²) in [5.41, 5.74) is 3.30. The largest absolute Gasteiger partial charge is 0.482 e. The van der Waals surface area contributed by atoms with Crippen molar-refractivity contribution in [3.63, 3.8) is 0 Å². The van der Waals surface area contributed by atoms with Gasteiger partial charge in [-0.1, -0.05) is 49.7 Å². The van der Waals surface area contributed by atoms with Gasteiger partial charge in [0.25, 0.3) is 5.92 Å². The highest BCUT2D eigenvalue weighted by atomic mass is 19.3. The lowest BCUT2D eigenvalue weighted by Crippen LogP contribution is -2.25. The summed E-state index contributed by atoms with van der Waals surface area (Å²) in [4.78, 5) is 22.9. The van der Waals surface area contributed by atoms with Gasteiger partial charge in [0, 0.05) is 31.1 Å². The molecule has 0 saturated carbocycles. The normalized spacial score (nSPS) is 11.3. The van der Waals surface area contributed by atoms with Gasteiger partial charge in [-0.05, 0) is 37.5 Å². The van der Waals surface area contributed by atoms with Crippen molar-refractivity contribution in [1.82, 2.24) is 9.97 Å². The SMILES string of the molecule is CCCCN(Cc1ccc(OCC(=O)OCC)c(C)c1)c1cncc(-c2ccc(C(C)(F)F)cc2)n1. The fourth-order valence-corrected chi connectivity index (χ4v) is 3.74. The van der Waals surface area contributed by atoms with Crippen LogP contribution >= 0.6 is 0 Å². The zero-order valence-corrected chi connectivity index (χ0v) is 21.3. The van der Waals surface area contributed by atoms with Gasteiger partial charge in [-0.2, -0.15) is 0 Å². The Bertz CT molecular complexity index is 1150. The van der Waals surface area contributed by atoms with Gasteiger partial charge in [0.1, 0.15) is 11.6 Å². The molecule has 0 atom stereocenters. The number of rotatable bonds is 12. The molecular formula is C28H33F2N3O3. The number of aromatic nitrogens is 2. The maximum absolute atomic E-state index is 13.6. The zero-order valence-electron chi connectivity index (χ0n) is 21.3. The third-order valence-electron chi connectivity index (χ3n) is 5.68. The molecule has 1 aromatic heterocycles. The average molecular weight is 498 g/mol. The first-order valence-electron chi connectivity index (χ1n) is 12.1. The van der Waals surface area contributed by atoms with E-state index < -0.39 is 11.9 Å². The molecule has 36 heavy (non-hydrogen) atoms. The Hall–Kier alpha value is -3.55. The van der Waals surface area contributed by atoms with Crippen molar-refractivity contribution in [2.45, 2.75) is 53.0 Å². The first kappa shape index (κ1) is 27.0. The highest BCUT2D eigenvalue weighted by Gasteiger charge is 2.24. The molecule has 3 rings (SSSR count). The summed E-state index contributed by atoms with van der Waals surface area (Å²) in [6.07, 6.45) is 5.36. The molecule has 3 aromatic rings. The van der Waals surface area contributed by atoms with E-state index in [1.54, 1.807) is 31.5 Å². The standard InChI is InChI=1S/C28H33F2N3O3/c1-5-7-14-33(18-21-8-13-25(20(3)15-21)36-19-27(34)35-6-2)26-17-31-16-24(32-26)22-9-11-23(12-10-22)28(4,29)30/h8-13,15-17H,5-7,14,18-19H2,1-4H3. The number of hydrogen-bond acceptors (Lipinski definition) is 6.